The van der Waals surface area contributed by atoms with Gasteiger partial charge >= 0.3 is 6.09 Å². The van der Waals surface area contributed by atoms with Crippen LogP contribution in [0.25, 0.3) is 0 Å². The Morgan fingerprint density at radius 1 is 0.788 bits per heavy atom. The molecule has 5 rings (SSSR count). The molecule has 0 bridgehead atoms. The summed E-state index contributed by atoms with van der Waals surface area (Å²) in [6.07, 6.45) is -0.464. The van der Waals surface area contributed by atoms with E-state index in [1.54, 1.807) is 24.3 Å². The van der Waals surface area contributed by atoms with Crippen molar-refractivity contribution in [3.8, 4) is 0 Å². The second-order valence-corrected chi connectivity index (χ2v) is 12.6. The maximum absolute atomic E-state index is 14.4. The number of nitrogens with two attached hydrogens (primary N) is 1. The lowest BCUT2D eigenvalue weighted by Crippen LogP contribution is -2.67. The molecule has 12 heteroatoms. The van der Waals surface area contributed by atoms with Crippen LogP contribution in [0.3, 0.4) is 0 Å². The summed E-state index contributed by atoms with van der Waals surface area (Å²) >= 11 is 0. The summed E-state index contributed by atoms with van der Waals surface area (Å²) in [5, 5.41) is 20.3. The molecule has 1 heterocycles. The zero-order valence-corrected chi connectivity index (χ0v) is 28.7. The predicted molar refractivity (Wildman–Crippen MR) is 193 cm³/mol. The summed E-state index contributed by atoms with van der Waals surface area (Å²) in [5.41, 5.74) is 6.08. The average molecular weight is 706 g/mol. The van der Waals surface area contributed by atoms with Crippen LogP contribution in [-0.4, -0.2) is 64.1 Å². The number of nitrogens with one attached hydrogen (secondary N) is 3. The maximum atomic E-state index is 14.4. The van der Waals surface area contributed by atoms with Crippen molar-refractivity contribution >= 4 is 29.7 Å². The number of aliphatic hydroxyl groups is 1. The van der Waals surface area contributed by atoms with Gasteiger partial charge in [0.05, 0.1) is 18.5 Å². The first-order valence-corrected chi connectivity index (χ1v) is 17.2. The quantitative estimate of drug-likeness (QED) is 0.126. The second-order valence-electron chi connectivity index (χ2n) is 12.6. The van der Waals surface area contributed by atoms with Crippen molar-refractivity contribution < 1.29 is 33.8 Å². The number of ether oxygens (including phenoxy) is 1. The van der Waals surface area contributed by atoms with E-state index in [4.69, 9.17) is 10.5 Å². The lowest BCUT2D eigenvalue weighted by atomic mass is 9.96. The zero-order valence-electron chi connectivity index (χ0n) is 28.7. The van der Waals surface area contributed by atoms with Gasteiger partial charge in [-0.3, -0.25) is 19.2 Å². The summed E-state index contributed by atoms with van der Waals surface area (Å²) in [6, 6.07) is 33.3. The average Bonchev–Trinajstić information content (AvgIpc) is 3.50. The Balaban J connectivity index is 1.37. The normalized spacial score (nSPS) is 17.2. The van der Waals surface area contributed by atoms with E-state index in [-0.39, 0.29) is 26.0 Å². The number of primary amides is 1. The van der Waals surface area contributed by atoms with Crippen LogP contribution in [0.2, 0.25) is 0 Å². The van der Waals surface area contributed by atoms with Gasteiger partial charge in [0.2, 0.25) is 23.4 Å². The maximum Gasteiger partial charge on any atom is 0.408 e. The highest BCUT2D eigenvalue weighted by molar-refractivity contribution is 5.94. The Morgan fingerprint density at radius 2 is 1.33 bits per heavy atom. The highest BCUT2D eigenvalue weighted by Gasteiger charge is 2.56. The van der Waals surface area contributed by atoms with Gasteiger partial charge in [-0.15, -0.1) is 0 Å². The smallest absolute Gasteiger partial charge is 0.408 e. The van der Waals surface area contributed by atoms with Gasteiger partial charge in [-0.05, 0) is 41.5 Å². The molecule has 1 saturated heterocycles. The summed E-state index contributed by atoms with van der Waals surface area (Å²) < 4.78 is 5.24. The van der Waals surface area contributed by atoms with Crippen molar-refractivity contribution in [1.29, 1.82) is 0 Å². The third kappa shape index (κ3) is 9.61. The molecule has 5 amide bonds. The van der Waals surface area contributed by atoms with Crippen LogP contribution >= 0.6 is 0 Å². The van der Waals surface area contributed by atoms with E-state index in [1.807, 2.05) is 97.1 Å². The van der Waals surface area contributed by atoms with Crippen LogP contribution < -0.4 is 21.7 Å². The van der Waals surface area contributed by atoms with Crippen LogP contribution in [-0.2, 0) is 36.9 Å². The van der Waals surface area contributed by atoms with E-state index in [2.05, 4.69) is 16.0 Å². The molecular formula is C40H43N5O7. The molecule has 52 heavy (non-hydrogen) atoms. The first kappa shape index (κ1) is 37.3. The van der Waals surface area contributed by atoms with Crippen molar-refractivity contribution in [2.45, 2.75) is 62.6 Å². The minimum atomic E-state index is -2.54. The van der Waals surface area contributed by atoms with Gasteiger partial charge in [0.1, 0.15) is 12.6 Å². The van der Waals surface area contributed by atoms with E-state index in [1.165, 1.54) is 0 Å². The zero-order chi connectivity index (χ0) is 36.9. The van der Waals surface area contributed by atoms with Crippen LogP contribution in [0, 0.1) is 0 Å². The van der Waals surface area contributed by atoms with E-state index < -0.39 is 60.0 Å². The van der Waals surface area contributed by atoms with Crippen molar-refractivity contribution in [2.24, 2.45) is 5.73 Å². The number of benzene rings is 4. The first-order chi connectivity index (χ1) is 25.1. The number of aryl methyl sites for hydroxylation is 1. The number of hydrogen-bond acceptors (Lipinski definition) is 7. The highest BCUT2D eigenvalue weighted by atomic mass is 16.5. The van der Waals surface area contributed by atoms with Gasteiger partial charge in [0.15, 0.2) is 0 Å². The summed E-state index contributed by atoms with van der Waals surface area (Å²) in [6.45, 7) is -0.140. The van der Waals surface area contributed by atoms with E-state index in [0.717, 1.165) is 21.6 Å². The molecule has 1 fully saturated rings. The molecule has 0 aromatic heterocycles. The highest BCUT2D eigenvalue weighted by Crippen LogP contribution is 2.31. The second kappa shape index (κ2) is 17.8. The predicted octanol–water partition coefficient (Wildman–Crippen LogP) is 3.49. The number of carbonyl (C=O) groups excluding carboxylic acids is 5. The van der Waals surface area contributed by atoms with Crippen LogP contribution in [0.15, 0.2) is 121 Å². The summed E-state index contributed by atoms with van der Waals surface area (Å²) in [5.74, 6) is -3.16. The molecule has 4 aromatic rings. The number of likely N-dealkylation sites (tertiary alicyclic amines) is 1. The van der Waals surface area contributed by atoms with Crippen molar-refractivity contribution in [1.82, 2.24) is 20.9 Å². The van der Waals surface area contributed by atoms with Crippen LogP contribution in [0.4, 0.5) is 4.79 Å². The fourth-order valence-corrected chi connectivity index (χ4v) is 6.29. The Kier molecular flexibility index (Phi) is 12.7. The van der Waals surface area contributed by atoms with Gasteiger partial charge in [0, 0.05) is 13.0 Å². The standard InChI is InChI=1S/C40H43N5O7/c41-34(46)26-32(42-39(50)52-27-29-16-7-2-8-17-29)37(48)43-33-24-25-45(35(47)23-13-18-28-14-5-1-6-15-28)40(33,51)38(49)44-36(30-19-9-3-10-20-30)31-21-11-4-12-22-31/h1-12,14-17,19-22,32-33,36,51H,13,18,23-27H2,(H2,41,46)(H,42,50)(H,43,48)(H,44,49)/t32-,33-,40-/m0/s1. The van der Waals surface area contributed by atoms with Crippen molar-refractivity contribution in [3.05, 3.63) is 144 Å². The first-order valence-electron chi connectivity index (χ1n) is 17.2. The van der Waals surface area contributed by atoms with Crippen molar-refractivity contribution in [2.75, 3.05) is 6.54 Å². The number of rotatable bonds is 15. The van der Waals surface area contributed by atoms with E-state index in [0.29, 0.717) is 18.4 Å². The lowest BCUT2D eigenvalue weighted by Gasteiger charge is -2.38. The van der Waals surface area contributed by atoms with Gasteiger partial charge in [-0.25, -0.2) is 4.79 Å². The number of carbonyl (C=O) groups is 5. The van der Waals surface area contributed by atoms with Gasteiger partial charge in [-0.2, -0.15) is 0 Å². The minimum Gasteiger partial charge on any atom is -0.445 e. The molecule has 0 aliphatic carbocycles. The SMILES string of the molecule is NC(=O)C[C@H](NC(=O)OCc1ccccc1)C(=O)N[C@H]1CCN(C(=O)CCCc2ccccc2)[C@@]1(O)C(=O)NC(c1ccccc1)c1ccccc1. The minimum absolute atomic E-state index is 0.00315. The number of alkyl carbamates (subject to hydrolysis) is 1. The van der Waals surface area contributed by atoms with E-state index >= 15 is 0 Å². The molecule has 270 valence electrons. The monoisotopic (exact) mass is 705 g/mol. The lowest BCUT2D eigenvalue weighted by molar-refractivity contribution is -0.172. The third-order valence-electron chi connectivity index (χ3n) is 8.96. The molecule has 12 nitrogen and oxygen atoms in total. The fraction of sp³-hybridized carbons (Fsp3) is 0.275. The molecule has 0 radical (unpaired) electrons. The Bertz CT molecular complexity index is 1770. The Morgan fingerprint density at radius 3 is 1.88 bits per heavy atom. The number of hydrogen-bond donors (Lipinski definition) is 5. The molecule has 0 saturated carbocycles. The van der Waals surface area contributed by atoms with Gasteiger partial charge in [0.25, 0.3) is 5.91 Å². The van der Waals surface area contributed by atoms with Gasteiger partial charge in [-0.1, -0.05) is 121 Å². The molecule has 1 aliphatic heterocycles. The third-order valence-corrected chi connectivity index (χ3v) is 8.96. The summed E-state index contributed by atoms with van der Waals surface area (Å²) in [4.78, 5) is 67.6. The Labute approximate surface area is 302 Å². The van der Waals surface area contributed by atoms with Crippen molar-refractivity contribution in [3.63, 3.8) is 0 Å². The van der Waals surface area contributed by atoms with Crippen LogP contribution in [0.5, 0.6) is 0 Å². The largest absolute Gasteiger partial charge is 0.445 e. The molecule has 0 unspecified atom stereocenters. The van der Waals surface area contributed by atoms with Gasteiger partial charge < -0.3 is 36.4 Å². The number of nitrogens with zero attached hydrogens (tertiary/aromatic N) is 1. The topological polar surface area (TPSA) is 180 Å². The molecule has 3 atom stereocenters. The summed E-state index contributed by atoms with van der Waals surface area (Å²) in [7, 11) is 0. The van der Waals surface area contributed by atoms with E-state index in [9.17, 15) is 29.1 Å². The molecule has 4 aromatic carbocycles. The molecule has 1 aliphatic rings. The number of amides is 5. The Hall–Kier alpha value is -6.01. The van der Waals surface area contributed by atoms with Crippen LogP contribution in [0.1, 0.15) is 54.0 Å². The molecular weight excluding hydrogens is 662 g/mol. The molecule has 0 spiro atoms. The fourth-order valence-electron chi connectivity index (χ4n) is 6.29. The molecule has 6 N–H and O–H groups in total.